The van der Waals surface area contributed by atoms with E-state index >= 15 is 0 Å². The Hall–Kier alpha value is -1.07. The van der Waals surface area contributed by atoms with Crippen LogP contribution in [0.25, 0.3) is 10.4 Å². The van der Waals surface area contributed by atoms with Crippen LogP contribution < -0.4 is 11.1 Å². The monoisotopic (exact) mass is 358 g/mol. The average molecular weight is 359 g/mol. The van der Waals surface area contributed by atoms with Gasteiger partial charge in [0.25, 0.3) is 0 Å². The zero-order valence-corrected chi connectivity index (χ0v) is 14.9. The normalized spacial score (nSPS) is 13.1. The van der Waals surface area contributed by atoms with E-state index < -0.39 is 0 Å². The summed E-state index contributed by atoms with van der Waals surface area (Å²) >= 11 is 7.57. The van der Waals surface area contributed by atoms with Gasteiger partial charge in [0, 0.05) is 27.2 Å². The van der Waals surface area contributed by atoms with Crippen LogP contribution in [0.5, 0.6) is 0 Å². The van der Waals surface area contributed by atoms with Gasteiger partial charge in [-0.15, -0.1) is 23.7 Å². The van der Waals surface area contributed by atoms with E-state index in [1.807, 2.05) is 44.2 Å². The van der Waals surface area contributed by atoms with E-state index in [0.29, 0.717) is 6.42 Å². The Morgan fingerprint density at radius 1 is 1.23 bits per heavy atom. The topological polar surface area (TPSA) is 55.1 Å². The first-order chi connectivity index (χ1) is 9.95. The molecule has 0 fully saturated rings. The number of rotatable bonds is 5. The van der Waals surface area contributed by atoms with Crippen LogP contribution in [0.3, 0.4) is 0 Å². The van der Waals surface area contributed by atoms with Crippen LogP contribution in [0.15, 0.2) is 36.4 Å². The van der Waals surface area contributed by atoms with Crippen molar-refractivity contribution in [1.29, 1.82) is 0 Å². The average Bonchev–Trinajstić information content (AvgIpc) is 2.88. The predicted octanol–water partition coefficient (Wildman–Crippen LogP) is 4.40. The van der Waals surface area contributed by atoms with E-state index in [9.17, 15) is 4.79 Å². The van der Waals surface area contributed by atoms with Gasteiger partial charge in [0.15, 0.2) is 0 Å². The number of amides is 1. The number of carbonyl (C=O) groups is 1. The molecule has 3 N–H and O–H groups in total. The molecule has 0 aliphatic carbocycles. The van der Waals surface area contributed by atoms with E-state index in [0.717, 1.165) is 20.3 Å². The van der Waals surface area contributed by atoms with E-state index in [-0.39, 0.29) is 30.4 Å². The van der Waals surface area contributed by atoms with Gasteiger partial charge in [-0.1, -0.05) is 23.7 Å². The number of halogens is 2. The van der Waals surface area contributed by atoms with Crippen LogP contribution in [0.2, 0.25) is 5.02 Å². The minimum absolute atomic E-state index is 0. The second-order valence-corrected chi connectivity index (χ2v) is 6.73. The standard InChI is InChI=1S/C16H19ClN2OS.ClH/c1-10(18)9-16(20)19-11(2)14-7-8-15(21-14)12-3-5-13(17)6-4-12;/h3-8,10-11H,9,18H2,1-2H3,(H,19,20);1H. The Bertz CT molecular complexity index is 611. The van der Waals surface area contributed by atoms with Crippen LogP contribution in [0.4, 0.5) is 0 Å². The van der Waals surface area contributed by atoms with Gasteiger partial charge in [-0.05, 0) is 43.7 Å². The van der Waals surface area contributed by atoms with Gasteiger partial charge in [-0.25, -0.2) is 0 Å². The van der Waals surface area contributed by atoms with Gasteiger partial charge in [-0.3, -0.25) is 4.79 Å². The predicted molar refractivity (Wildman–Crippen MR) is 96.8 cm³/mol. The highest BCUT2D eigenvalue weighted by Crippen LogP contribution is 2.31. The third-order valence-electron chi connectivity index (χ3n) is 3.07. The van der Waals surface area contributed by atoms with Crippen molar-refractivity contribution in [3.8, 4) is 10.4 Å². The molecule has 2 aromatic rings. The molecule has 0 spiro atoms. The van der Waals surface area contributed by atoms with Crippen LogP contribution in [0, 0.1) is 0 Å². The summed E-state index contributed by atoms with van der Waals surface area (Å²) < 4.78 is 0. The summed E-state index contributed by atoms with van der Waals surface area (Å²) in [6.45, 7) is 3.81. The van der Waals surface area contributed by atoms with Gasteiger partial charge in [-0.2, -0.15) is 0 Å². The lowest BCUT2D eigenvalue weighted by Gasteiger charge is -2.13. The lowest BCUT2D eigenvalue weighted by molar-refractivity contribution is -0.121. The number of hydrogen-bond donors (Lipinski definition) is 2. The highest BCUT2D eigenvalue weighted by molar-refractivity contribution is 7.15. The number of nitrogens with one attached hydrogen (secondary N) is 1. The zero-order chi connectivity index (χ0) is 15.4. The molecule has 1 heterocycles. The minimum atomic E-state index is -0.120. The number of hydrogen-bond acceptors (Lipinski definition) is 3. The van der Waals surface area contributed by atoms with Crippen LogP contribution in [-0.4, -0.2) is 11.9 Å². The molecule has 0 saturated heterocycles. The second kappa shape index (κ2) is 8.53. The van der Waals surface area contributed by atoms with Crippen LogP contribution in [0.1, 0.15) is 31.2 Å². The van der Waals surface area contributed by atoms with E-state index in [2.05, 4.69) is 11.4 Å². The summed E-state index contributed by atoms with van der Waals surface area (Å²) in [6, 6.07) is 11.7. The van der Waals surface area contributed by atoms with E-state index in [4.69, 9.17) is 17.3 Å². The first-order valence-electron chi connectivity index (χ1n) is 6.86. The summed E-state index contributed by atoms with van der Waals surface area (Å²) in [5, 5.41) is 3.70. The Labute approximate surface area is 146 Å². The first kappa shape index (κ1) is 19.0. The molecule has 0 bridgehead atoms. The molecule has 2 atom stereocenters. The van der Waals surface area contributed by atoms with Crippen molar-refractivity contribution in [2.75, 3.05) is 0 Å². The van der Waals surface area contributed by atoms with Crippen LogP contribution >= 0.6 is 35.3 Å². The first-order valence-corrected chi connectivity index (χ1v) is 8.06. The highest BCUT2D eigenvalue weighted by atomic mass is 35.5. The number of benzene rings is 1. The summed E-state index contributed by atoms with van der Waals surface area (Å²) in [5.41, 5.74) is 6.76. The van der Waals surface area contributed by atoms with Gasteiger partial charge in [0.1, 0.15) is 0 Å². The summed E-state index contributed by atoms with van der Waals surface area (Å²) in [4.78, 5) is 14.0. The van der Waals surface area contributed by atoms with E-state index in [1.54, 1.807) is 11.3 Å². The van der Waals surface area contributed by atoms with Crippen LogP contribution in [-0.2, 0) is 4.79 Å². The molecule has 120 valence electrons. The smallest absolute Gasteiger partial charge is 0.222 e. The second-order valence-electron chi connectivity index (χ2n) is 5.18. The minimum Gasteiger partial charge on any atom is -0.349 e. The third kappa shape index (κ3) is 5.29. The van der Waals surface area contributed by atoms with Gasteiger partial charge >= 0.3 is 0 Å². The fourth-order valence-electron chi connectivity index (χ4n) is 2.02. The van der Waals surface area contributed by atoms with Crippen molar-refractivity contribution in [3.05, 3.63) is 46.3 Å². The quantitative estimate of drug-likeness (QED) is 0.831. The number of carbonyl (C=O) groups excluding carboxylic acids is 1. The lowest BCUT2D eigenvalue weighted by atomic mass is 10.2. The fraction of sp³-hybridized carbons (Fsp3) is 0.312. The van der Waals surface area contributed by atoms with Crippen molar-refractivity contribution in [3.63, 3.8) is 0 Å². The fourth-order valence-corrected chi connectivity index (χ4v) is 3.16. The molecular formula is C16H20Cl2N2OS. The maximum absolute atomic E-state index is 11.8. The molecule has 6 heteroatoms. The molecule has 0 aliphatic rings. The van der Waals surface area contributed by atoms with Crippen molar-refractivity contribution in [2.24, 2.45) is 5.73 Å². The summed E-state index contributed by atoms with van der Waals surface area (Å²) in [6.07, 6.45) is 0.347. The Morgan fingerprint density at radius 3 is 2.45 bits per heavy atom. The molecule has 0 saturated carbocycles. The Kier molecular flexibility index (Phi) is 7.36. The Morgan fingerprint density at radius 2 is 1.86 bits per heavy atom. The number of nitrogens with two attached hydrogens (primary N) is 1. The van der Waals surface area contributed by atoms with Gasteiger partial charge in [0.05, 0.1) is 6.04 Å². The molecule has 0 aliphatic heterocycles. The Balaban J connectivity index is 0.00000242. The van der Waals surface area contributed by atoms with Gasteiger partial charge < -0.3 is 11.1 Å². The van der Waals surface area contributed by atoms with Gasteiger partial charge in [0.2, 0.25) is 5.91 Å². The largest absolute Gasteiger partial charge is 0.349 e. The maximum atomic E-state index is 11.8. The molecule has 2 rings (SSSR count). The maximum Gasteiger partial charge on any atom is 0.222 e. The molecule has 1 amide bonds. The zero-order valence-electron chi connectivity index (χ0n) is 12.5. The molecule has 1 aromatic carbocycles. The van der Waals surface area contributed by atoms with Crippen molar-refractivity contribution >= 4 is 41.3 Å². The molecular weight excluding hydrogens is 339 g/mol. The number of thiophene rings is 1. The lowest BCUT2D eigenvalue weighted by Crippen LogP contribution is -2.31. The SMILES string of the molecule is CC(N)CC(=O)NC(C)c1ccc(-c2ccc(Cl)cc2)s1.Cl. The molecule has 2 unspecified atom stereocenters. The summed E-state index contributed by atoms with van der Waals surface area (Å²) in [5.74, 6) is -0.0149. The van der Waals surface area contributed by atoms with Crippen molar-refractivity contribution in [2.45, 2.75) is 32.4 Å². The molecule has 3 nitrogen and oxygen atoms in total. The molecule has 0 radical (unpaired) electrons. The van der Waals surface area contributed by atoms with Crippen molar-refractivity contribution < 1.29 is 4.79 Å². The highest BCUT2D eigenvalue weighted by Gasteiger charge is 2.13. The van der Waals surface area contributed by atoms with E-state index in [1.165, 1.54) is 0 Å². The molecule has 1 aromatic heterocycles. The van der Waals surface area contributed by atoms with Crippen molar-refractivity contribution in [1.82, 2.24) is 5.32 Å². The summed E-state index contributed by atoms with van der Waals surface area (Å²) in [7, 11) is 0. The third-order valence-corrected chi connectivity index (χ3v) is 4.64. The molecule has 22 heavy (non-hydrogen) atoms.